The summed E-state index contributed by atoms with van der Waals surface area (Å²) in [6.45, 7) is 15.1. The largest absolute Gasteiger partial charge is 0.507 e. The molecule has 3 aromatic carbocycles. The Balaban J connectivity index is 0.798. The van der Waals surface area contributed by atoms with Gasteiger partial charge in [0.2, 0.25) is 23.1 Å². The topological polar surface area (TPSA) is 554 Å². The van der Waals surface area contributed by atoms with Crippen molar-refractivity contribution >= 4 is 51.0 Å². The highest BCUT2D eigenvalue weighted by atomic mass is 16.8. The average Bonchev–Trinajstić information content (AvgIpc) is 1.47. The first-order valence-corrected chi connectivity index (χ1v) is 42.0. The van der Waals surface area contributed by atoms with Crippen molar-refractivity contribution in [3.05, 3.63) is 50.8 Å². The van der Waals surface area contributed by atoms with E-state index in [1.807, 2.05) is 0 Å². The Labute approximate surface area is 700 Å². The van der Waals surface area contributed by atoms with E-state index in [2.05, 4.69) is 0 Å². The predicted molar refractivity (Wildman–Crippen MR) is 412 cm³/mol. The summed E-state index contributed by atoms with van der Waals surface area (Å²) in [5.74, 6) is -17.3. The van der Waals surface area contributed by atoms with Gasteiger partial charge in [0.15, 0.2) is 77.8 Å². The van der Waals surface area contributed by atoms with Gasteiger partial charge in [0.25, 0.3) is 0 Å². The maximum absolute atomic E-state index is 16.4. The van der Waals surface area contributed by atoms with Crippen molar-refractivity contribution in [2.45, 2.75) is 353 Å². The number of Topliss-reactive ketones (excluding diaryl/α,β-unsaturated/α-hetero) is 6. The normalized spacial score (nSPS) is 43.2. The number of aromatic hydroxyl groups is 4. The van der Waals surface area contributed by atoms with E-state index in [0.29, 0.717) is 0 Å². The van der Waals surface area contributed by atoms with Crippen LogP contribution in [0, 0.1) is 11.8 Å². The second kappa shape index (κ2) is 32.9. The van der Waals surface area contributed by atoms with Gasteiger partial charge in [-0.2, -0.15) is 0 Å². The van der Waals surface area contributed by atoms with E-state index < -0.39 is 344 Å². The number of allylic oxidation sites excluding steroid dienone is 2. The van der Waals surface area contributed by atoms with Crippen LogP contribution in [-0.4, -0.2) is 314 Å². The number of fused-ring (bicyclic) bond motifs is 6. The molecule has 33 atom stereocenters. The lowest BCUT2D eigenvalue weighted by Gasteiger charge is -2.60. The molecule has 5 aliphatic carbocycles. The predicted octanol–water partition coefficient (Wildman–Crippen LogP) is 2.40. The van der Waals surface area contributed by atoms with Crippen LogP contribution >= 0.6 is 0 Å². The van der Waals surface area contributed by atoms with Crippen LogP contribution in [0.1, 0.15) is 223 Å². The van der Waals surface area contributed by atoms with E-state index in [1.165, 1.54) is 33.8 Å². The van der Waals surface area contributed by atoms with Crippen LogP contribution in [0.25, 0.3) is 16.3 Å². The summed E-state index contributed by atoms with van der Waals surface area (Å²) in [6.07, 6.45) is -35.1. The number of benzene rings is 3. The van der Waals surface area contributed by atoms with Gasteiger partial charge in [0.1, 0.15) is 82.0 Å². The van der Waals surface area contributed by atoms with E-state index >= 15 is 19.2 Å². The number of phenols is 4. The Morgan fingerprint density at radius 3 is 1.44 bits per heavy atom. The second-order valence-corrected chi connectivity index (χ2v) is 35.1. The highest BCUT2D eigenvalue weighted by molar-refractivity contribution is 6.43. The minimum Gasteiger partial charge on any atom is -0.507 e. The molecule has 7 aliphatic heterocycles. The molecular weight excluding hydrogens is 1610 g/mol. The first-order chi connectivity index (χ1) is 57.5. The Morgan fingerprint density at radius 1 is 0.484 bits per heavy atom. The lowest BCUT2D eigenvalue weighted by Crippen LogP contribution is -2.80. The number of carbonyl (C=O) groups is 6. The van der Waals surface area contributed by atoms with Crippen molar-refractivity contribution < 1.29 is 181 Å². The molecule has 15 rings (SSSR count). The SMILES string of the molecule is CCCC1(O)C(O[C@H]2CC[C@H](O[C@H]3CC[C@@](O)(C(C)=O)[C@H](C)O3)[C@@H](C)O2)C(O)C(O[C@H]2C[C@@H](O)[C@@H](O)[C@H](C)O2)C2Cc3cc4c(OC)c(OC)c(C5=C(OC)C(=O)c6c(O)c7c(c(O)c6C5=O)C(=O)C5(O)C6C7OC5(CCC)C(O[C@H]5CC[C@H](O[C@@H]7CCC(O)(C(C)=O)[C@H](C)O7)[C@@H](C)O5)C(O)C6O[C@H]5C[C@@H](O)[C@@H](O)[C@H](C)O5)c(O)c4c(O)c3C(=O)C21O. The summed E-state index contributed by atoms with van der Waals surface area (Å²) in [5.41, 5.74) is -21.6. The minimum atomic E-state index is -3.21. The Morgan fingerprint density at radius 2 is 0.959 bits per heavy atom. The molecule has 122 heavy (non-hydrogen) atoms. The minimum absolute atomic E-state index is 0.0101. The molecule has 37 nitrogen and oxygen atoms in total. The first-order valence-electron chi connectivity index (χ1n) is 42.0. The van der Waals surface area contributed by atoms with Crippen LogP contribution in [0.2, 0.25) is 0 Å². The van der Waals surface area contributed by atoms with E-state index in [4.69, 9.17) is 75.8 Å². The van der Waals surface area contributed by atoms with Gasteiger partial charge in [-0.15, -0.1) is 0 Å². The molecule has 674 valence electrons. The fourth-order valence-corrected chi connectivity index (χ4v) is 21.7. The van der Waals surface area contributed by atoms with Crippen LogP contribution < -0.4 is 9.47 Å². The Bertz CT molecular complexity index is 4640. The summed E-state index contributed by atoms with van der Waals surface area (Å²) in [6, 6.07) is 1.25. The average molecular weight is 1730 g/mol. The number of aliphatic hydroxyl groups excluding tert-OH is 6. The zero-order valence-corrected chi connectivity index (χ0v) is 70.0. The van der Waals surface area contributed by atoms with Crippen molar-refractivity contribution in [2.75, 3.05) is 21.3 Å². The molecule has 37 heteroatoms. The highest BCUT2D eigenvalue weighted by Gasteiger charge is 2.82. The lowest BCUT2D eigenvalue weighted by atomic mass is 9.53. The molecule has 9 fully saturated rings. The molecule has 0 spiro atoms. The van der Waals surface area contributed by atoms with Gasteiger partial charge in [-0.1, -0.05) is 26.7 Å². The maximum atomic E-state index is 16.4. The highest BCUT2D eigenvalue weighted by Crippen LogP contribution is 2.69. The number of phenolic OH excluding ortho intramolecular Hbond substituents is 4. The van der Waals surface area contributed by atoms with Gasteiger partial charge in [-0.3, -0.25) is 28.8 Å². The third-order valence-corrected chi connectivity index (χ3v) is 28.3. The number of rotatable bonds is 22. The quantitative estimate of drug-likeness (QED) is 0.0642. The number of carbonyl (C=O) groups excluding carboxylic acids is 6. The fourth-order valence-electron chi connectivity index (χ4n) is 21.7. The summed E-state index contributed by atoms with van der Waals surface area (Å²) in [7, 11) is 3.09. The van der Waals surface area contributed by atoms with Gasteiger partial charge in [-0.05, 0) is 112 Å². The summed E-state index contributed by atoms with van der Waals surface area (Å²) >= 11 is 0. The Hall–Kier alpha value is -6.68. The second-order valence-electron chi connectivity index (χ2n) is 35.1. The van der Waals surface area contributed by atoms with Crippen LogP contribution in [0.4, 0.5) is 0 Å². The Kier molecular flexibility index (Phi) is 24.3. The van der Waals surface area contributed by atoms with Crippen molar-refractivity contribution in [3.8, 4) is 34.5 Å². The van der Waals surface area contributed by atoms with E-state index in [9.17, 15) is 86.2 Å². The van der Waals surface area contributed by atoms with Crippen LogP contribution in [0.3, 0.4) is 0 Å². The molecule has 7 saturated heterocycles. The standard InChI is InChI=1S/C85H112O37/c1-14-22-82(104)78(120-45-18-16-43(30(3)110-45)116-47-20-24-80(102,34(7)86)36(9)114-47)68(98)71(118-49-28-41(88)60(90)32(5)112-49)40-27-38-26-39-52(62(92)51(38)76(100)84(40,82)105)63(93)56(74(109-13)70(39)107-11)55-64(94)53-54(67(97)73(55)108-12)65(95)57-58(66(53)96)77(101)85(106)59-72(57)122-83(85,23-15-2)79(69(99)75(59)119-50-29-42(89)61(91)33(6)113-50)121-46-19-17-44(31(4)111-46)117-48-21-25-81(103,35(8)87)37(10)115-48/h26,30-33,36-37,40-50,59-61,68-69,71-72,75,78-79,88-93,95-96,98-99,102-106H,14-25,27-29H2,1-13H3/t30-,31-,32+,33+,36+,37+,40?,41-,42-,43+,44+,45+,46+,47+,48-,49+,50+,59?,60+,61+,68?,69?,71?,72?,75?,78?,79?,80-,81?,82?,83?,84?,85?/m1/s1. The molecule has 0 amide bonds. The maximum Gasteiger partial charge on any atom is 0.232 e. The number of hydrogen-bond acceptors (Lipinski definition) is 37. The van der Waals surface area contributed by atoms with Gasteiger partial charge >= 0.3 is 0 Å². The monoisotopic (exact) mass is 1720 g/mol. The summed E-state index contributed by atoms with van der Waals surface area (Å²) in [4.78, 5) is 89.5. The molecule has 7 heterocycles. The van der Waals surface area contributed by atoms with Crippen molar-refractivity contribution in [1.82, 2.24) is 0 Å². The number of hydrogen-bond donors (Lipinski definition) is 15. The van der Waals surface area contributed by atoms with E-state index in [0.717, 1.165) is 21.3 Å². The molecule has 2 saturated carbocycles. The molecule has 14 unspecified atom stereocenters. The molecule has 4 bridgehead atoms. The van der Waals surface area contributed by atoms with Crippen LogP contribution in [0.5, 0.6) is 34.5 Å². The molecule has 0 aromatic heterocycles. The molecule has 0 radical (unpaired) electrons. The number of ether oxygens (including phenoxy) is 16. The lowest BCUT2D eigenvalue weighted by molar-refractivity contribution is -0.358. The molecule has 3 aromatic rings. The van der Waals surface area contributed by atoms with Crippen molar-refractivity contribution in [3.63, 3.8) is 0 Å². The van der Waals surface area contributed by atoms with Crippen LogP contribution in [0.15, 0.2) is 11.8 Å². The summed E-state index contributed by atoms with van der Waals surface area (Å²) < 4.78 is 101. The zero-order valence-electron chi connectivity index (χ0n) is 70.0. The fraction of sp³-hybridized carbons (Fsp3) is 0.718. The van der Waals surface area contributed by atoms with E-state index in [1.54, 1.807) is 41.5 Å². The van der Waals surface area contributed by atoms with Crippen molar-refractivity contribution in [2.24, 2.45) is 11.8 Å². The van der Waals surface area contributed by atoms with Gasteiger partial charge in [0, 0.05) is 55.4 Å². The molecule has 12 aliphatic rings. The van der Waals surface area contributed by atoms with Gasteiger partial charge < -0.3 is 152 Å². The smallest absolute Gasteiger partial charge is 0.232 e. The van der Waals surface area contributed by atoms with Crippen molar-refractivity contribution in [1.29, 1.82) is 0 Å². The zero-order chi connectivity index (χ0) is 88.5. The molecule has 15 N–H and O–H groups in total. The third-order valence-electron chi connectivity index (χ3n) is 28.3. The third kappa shape index (κ3) is 13.6. The van der Waals surface area contributed by atoms with Crippen LogP contribution in [-0.2, 0) is 82.3 Å². The van der Waals surface area contributed by atoms with E-state index in [-0.39, 0.29) is 81.6 Å². The van der Waals surface area contributed by atoms with Gasteiger partial charge in [0.05, 0.1) is 145 Å². The number of ketones is 6. The van der Waals surface area contributed by atoms with Gasteiger partial charge in [-0.25, -0.2) is 0 Å². The number of methoxy groups -OCH3 is 3. The molecular formula is C85H112O37. The number of aliphatic hydroxyl groups is 11. The first kappa shape index (κ1) is 90.1. The summed E-state index contributed by atoms with van der Waals surface area (Å²) in [5, 5.41) is 185.